The number of aromatic nitrogens is 1. The van der Waals surface area contributed by atoms with Crippen molar-refractivity contribution in [1.82, 2.24) is 10.5 Å². The predicted molar refractivity (Wildman–Crippen MR) is 75.1 cm³/mol. The number of carbonyl (C=O) groups is 1. The van der Waals surface area contributed by atoms with Crippen LogP contribution in [0, 0.1) is 0 Å². The number of para-hydroxylation sites is 2. The van der Waals surface area contributed by atoms with E-state index in [1.807, 2.05) is 0 Å². The average molecular weight is 311 g/mol. The first-order chi connectivity index (χ1) is 10.2. The number of ether oxygens (including phenoxy) is 1. The zero-order chi connectivity index (χ0) is 15.1. The van der Waals surface area contributed by atoms with Gasteiger partial charge in [-0.1, -0.05) is 23.7 Å². The minimum absolute atomic E-state index is 0.262. The number of nitrogens with zero attached hydrogens (tertiary/aromatic N) is 1. The Balaban J connectivity index is 2.06. The molecule has 0 unspecified atom stereocenters. The van der Waals surface area contributed by atoms with Gasteiger partial charge < -0.3 is 9.57 Å². The van der Waals surface area contributed by atoms with Crippen LogP contribution in [0.15, 0.2) is 42.6 Å². The Kier molecular flexibility index (Phi) is 5.34. The van der Waals surface area contributed by atoms with Crippen molar-refractivity contribution in [2.75, 3.05) is 6.67 Å². The van der Waals surface area contributed by atoms with Crippen LogP contribution in [0.5, 0.6) is 17.4 Å². The molecule has 0 atom stereocenters. The molecule has 2 rings (SSSR count). The number of halogens is 2. The highest BCUT2D eigenvalue weighted by Gasteiger charge is 2.09. The van der Waals surface area contributed by atoms with E-state index in [1.165, 1.54) is 6.20 Å². The number of hydroxylamine groups is 1. The quantitative estimate of drug-likeness (QED) is 0.832. The van der Waals surface area contributed by atoms with E-state index < -0.39 is 12.6 Å². The topological polar surface area (TPSA) is 60.5 Å². The molecule has 7 heteroatoms. The van der Waals surface area contributed by atoms with Crippen LogP contribution in [-0.4, -0.2) is 17.6 Å². The second kappa shape index (κ2) is 7.44. The van der Waals surface area contributed by atoms with Crippen molar-refractivity contribution < 1.29 is 18.8 Å². The second-order valence-electron chi connectivity index (χ2n) is 3.93. The number of amides is 1. The van der Waals surface area contributed by atoms with Crippen LogP contribution in [0.25, 0.3) is 0 Å². The monoisotopic (exact) mass is 310 g/mol. The summed E-state index contributed by atoms with van der Waals surface area (Å²) < 4.78 is 17.5. The number of alkyl halides is 1. The normalized spacial score (nSPS) is 10.0. The van der Waals surface area contributed by atoms with Crippen LogP contribution >= 0.6 is 11.6 Å². The highest BCUT2D eigenvalue weighted by Crippen LogP contribution is 2.30. The van der Waals surface area contributed by atoms with E-state index in [1.54, 1.807) is 36.4 Å². The molecule has 0 bridgehead atoms. The predicted octanol–water partition coefficient (Wildman–Crippen LogP) is 3.30. The van der Waals surface area contributed by atoms with Gasteiger partial charge in [0.2, 0.25) is 5.88 Å². The molecule has 110 valence electrons. The van der Waals surface area contributed by atoms with Crippen molar-refractivity contribution >= 4 is 17.5 Å². The maximum atomic E-state index is 12.0. The van der Waals surface area contributed by atoms with Gasteiger partial charge in [-0.3, -0.25) is 9.18 Å². The van der Waals surface area contributed by atoms with Crippen molar-refractivity contribution in [1.29, 1.82) is 0 Å². The minimum Gasteiger partial charge on any atom is -0.435 e. The maximum Gasteiger partial charge on any atom is 0.255 e. The van der Waals surface area contributed by atoms with Crippen molar-refractivity contribution in [3.05, 3.63) is 47.6 Å². The summed E-state index contributed by atoms with van der Waals surface area (Å²) >= 11 is 5.74. The van der Waals surface area contributed by atoms with Gasteiger partial charge in [-0.2, -0.15) is 5.48 Å². The average Bonchev–Trinajstić information content (AvgIpc) is 2.49. The van der Waals surface area contributed by atoms with Gasteiger partial charge in [-0.05, 0) is 18.2 Å². The van der Waals surface area contributed by atoms with Crippen molar-refractivity contribution in [3.8, 4) is 17.4 Å². The van der Waals surface area contributed by atoms with E-state index in [9.17, 15) is 9.18 Å². The van der Waals surface area contributed by atoms with Crippen LogP contribution in [-0.2, 0) is 4.79 Å². The first-order valence-electron chi connectivity index (χ1n) is 6.09. The van der Waals surface area contributed by atoms with E-state index >= 15 is 0 Å². The summed E-state index contributed by atoms with van der Waals surface area (Å²) in [6, 6.07) is 9.92. The van der Waals surface area contributed by atoms with Crippen LogP contribution in [0.2, 0.25) is 5.02 Å². The highest BCUT2D eigenvalue weighted by molar-refractivity contribution is 6.30. The summed E-state index contributed by atoms with van der Waals surface area (Å²) in [5.74, 6) is 0.400. The van der Waals surface area contributed by atoms with Gasteiger partial charge >= 0.3 is 0 Å². The molecule has 0 aliphatic rings. The number of nitrogens with one attached hydrogen (secondary N) is 1. The molecule has 0 aliphatic heterocycles. The van der Waals surface area contributed by atoms with Crippen LogP contribution in [0.4, 0.5) is 4.39 Å². The molecule has 0 aliphatic carbocycles. The smallest absolute Gasteiger partial charge is 0.255 e. The van der Waals surface area contributed by atoms with E-state index in [0.29, 0.717) is 16.7 Å². The fourth-order valence-corrected chi connectivity index (χ4v) is 1.51. The molecule has 1 aromatic carbocycles. The lowest BCUT2D eigenvalue weighted by Crippen LogP contribution is -2.27. The molecule has 0 radical (unpaired) electrons. The zero-order valence-corrected chi connectivity index (χ0v) is 11.6. The minimum atomic E-state index is -0.748. The first-order valence-corrected chi connectivity index (χ1v) is 6.47. The molecule has 0 saturated heterocycles. The van der Waals surface area contributed by atoms with Crippen molar-refractivity contribution in [2.45, 2.75) is 6.42 Å². The summed E-state index contributed by atoms with van der Waals surface area (Å²) in [7, 11) is 0. The van der Waals surface area contributed by atoms with Gasteiger partial charge in [0, 0.05) is 12.3 Å². The third kappa shape index (κ3) is 4.61. The molecule has 0 fully saturated rings. The van der Waals surface area contributed by atoms with Crippen LogP contribution in [0.3, 0.4) is 0 Å². The lowest BCUT2D eigenvalue weighted by atomic mass is 10.3. The molecule has 1 N–H and O–H groups in total. The van der Waals surface area contributed by atoms with Crippen molar-refractivity contribution in [3.63, 3.8) is 0 Å². The SMILES string of the molecule is O=C(CCF)NOc1ccccc1Oc1ccc(Cl)cn1. The zero-order valence-electron chi connectivity index (χ0n) is 10.9. The second-order valence-corrected chi connectivity index (χ2v) is 4.37. The van der Waals surface area contributed by atoms with E-state index in [0.717, 1.165) is 0 Å². The summed E-state index contributed by atoms with van der Waals surface area (Å²) in [5.41, 5.74) is 2.13. The van der Waals surface area contributed by atoms with Crippen LogP contribution < -0.4 is 15.1 Å². The van der Waals surface area contributed by atoms with Gasteiger partial charge in [0.15, 0.2) is 11.5 Å². The maximum absolute atomic E-state index is 12.0. The van der Waals surface area contributed by atoms with Crippen molar-refractivity contribution in [2.24, 2.45) is 0 Å². The van der Waals surface area contributed by atoms with Gasteiger partial charge in [0.05, 0.1) is 18.1 Å². The number of carbonyl (C=O) groups excluding carboxylic acids is 1. The van der Waals surface area contributed by atoms with E-state index in [-0.39, 0.29) is 12.2 Å². The van der Waals surface area contributed by atoms with E-state index in [4.69, 9.17) is 21.2 Å². The molecular weight excluding hydrogens is 299 g/mol. The number of benzene rings is 1. The Bertz CT molecular complexity index is 607. The Labute approximate surface area is 125 Å². The number of pyridine rings is 1. The molecule has 0 spiro atoms. The Morgan fingerprint density at radius 2 is 2.00 bits per heavy atom. The first kappa shape index (κ1) is 15.1. The highest BCUT2D eigenvalue weighted by atomic mass is 35.5. The molecule has 21 heavy (non-hydrogen) atoms. The molecule has 1 amide bonds. The third-order valence-electron chi connectivity index (χ3n) is 2.36. The molecular formula is C14H12ClFN2O3. The number of rotatable bonds is 6. The summed E-state index contributed by atoms with van der Waals surface area (Å²) in [6.07, 6.45) is 1.19. The fourth-order valence-electron chi connectivity index (χ4n) is 1.40. The Hall–Kier alpha value is -2.34. The standard InChI is InChI=1S/C14H12ClFN2O3/c15-10-5-6-14(17-9-10)20-11-3-1-2-4-12(11)21-18-13(19)7-8-16/h1-6,9H,7-8H2,(H,18,19). The molecule has 2 aromatic rings. The van der Waals surface area contributed by atoms with Gasteiger partial charge in [-0.15, -0.1) is 0 Å². The molecule has 5 nitrogen and oxygen atoms in total. The number of hydrogen-bond donors (Lipinski definition) is 1. The largest absolute Gasteiger partial charge is 0.435 e. The Morgan fingerprint density at radius 1 is 1.24 bits per heavy atom. The molecule has 0 saturated carbocycles. The van der Waals surface area contributed by atoms with Gasteiger partial charge in [0.1, 0.15) is 0 Å². The summed E-state index contributed by atoms with van der Waals surface area (Å²) in [4.78, 5) is 20.3. The molecule has 1 aromatic heterocycles. The fraction of sp³-hybridized carbons (Fsp3) is 0.143. The van der Waals surface area contributed by atoms with Gasteiger partial charge in [0.25, 0.3) is 5.91 Å². The summed E-state index contributed by atoms with van der Waals surface area (Å²) in [5, 5.41) is 0.491. The van der Waals surface area contributed by atoms with E-state index in [2.05, 4.69) is 10.5 Å². The molecule has 1 heterocycles. The van der Waals surface area contributed by atoms with Gasteiger partial charge in [-0.25, -0.2) is 4.98 Å². The number of hydrogen-bond acceptors (Lipinski definition) is 4. The summed E-state index contributed by atoms with van der Waals surface area (Å²) in [6.45, 7) is -0.748. The van der Waals surface area contributed by atoms with Crippen LogP contribution in [0.1, 0.15) is 6.42 Å². The Morgan fingerprint density at radius 3 is 2.67 bits per heavy atom. The lowest BCUT2D eigenvalue weighted by Gasteiger charge is -2.11. The lowest BCUT2D eigenvalue weighted by molar-refractivity contribution is -0.127. The third-order valence-corrected chi connectivity index (χ3v) is 2.58.